The van der Waals surface area contributed by atoms with Crippen molar-refractivity contribution in [2.75, 3.05) is 7.11 Å². The van der Waals surface area contributed by atoms with Crippen LogP contribution in [0.3, 0.4) is 0 Å². The molecule has 8 rings (SSSR count). The van der Waals surface area contributed by atoms with E-state index in [1.165, 1.54) is 78.0 Å². The lowest BCUT2D eigenvalue weighted by molar-refractivity contribution is 0.0529. The van der Waals surface area contributed by atoms with E-state index in [4.69, 9.17) is 4.74 Å². The first-order chi connectivity index (χ1) is 22.4. The molecule has 1 nitrogen and oxygen atoms in total. The van der Waals surface area contributed by atoms with Crippen LogP contribution >= 0.6 is 0 Å². The Morgan fingerprint density at radius 2 is 1.04 bits per heavy atom. The highest BCUT2D eigenvalue weighted by Crippen LogP contribution is 2.51. The molecule has 0 fully saturated rings. The first kappa shape index (κ1) is 28.5. The largest absolute Gasteiger partial charge is 0.364 e. The fourth-order valence-corrected chi connectivity index (χ4v) is 7.66. The standard InChI is InChI=1S/C45H38O/c1-29-5-11-32(12-6-29)43-36-17-15-34(25-36)35-16-18-37(26-35)44(33-13-7-30(2)8-14-33)39-20-24-42(28-39)45(46-4,41-23-19-38(43)27-41)40-21-9-31(3)10-22-40/h5-25,28H,26-27H2,1-4H3/b43-36-,44-39-. The van der Waals surface area contributed by atoms with Gasteiger partial charge in [0.2, 0.25) is 0 Å². The summed E-state index contributed by atoms with van der Waals surface area (Å²) < 4.78 is 6.78. The minimum atomic E-state index is -0.730. The van der Waals surface area contributed by atoms with E-state index < -0.39 is 5.60 Å². The zero-order chi connectivity index (χ0) is 31.4. The molecule has 1 atom stereocenters. The van der Waals surface area contributed by atoms with E-state index in [-0.39, 0.29) is 0 Å². The highest BCUT2D eigenvalue weighted by atomic mass is 16.5. The molecule has 0 saturated carbocycles. The number of benzene rings is 3. The molecule has 0 radical (unpaired) electrons. The van der Waals surface area contributed by atoms with Crippen LogP contribution in [0.5, 0.6) is 0 Å². The van der Waals surface area contributed by atoms with Crippen LogP contribution in [0.25, 0.3) is 11.1 Å². The molecule has 5 aliphatic rings. The SMILES string of the molecule is COC1(c2ccc(C)cc2)C2=C/C(=C(/c3ccc(C)cc3)C3=CC=C(C3)C3=C/C(=C(/c4ccc(C)cc4)C4=CC=C1C4)C=C3)C=C2. The van der Waals surface area contributed by atoms with Gasteiger partial charge in [-0.2, -0.15) is 0 Å². The highest BCUT2D eigenvalue weighted by Gasteiger charge is 2.42. The molecule has 1 heteroatoms. The molecule has 0 amide bonds. The molecule has 0 aromatic heterocycles. The number of rotatable bonds is 4. The maximum absolute atomic E-state index is 6.78. The van der Waals surface area contributed by atoms with Crippen LogP contribution in [-0.2, 0) is 10.3 Å². The first-order valence-corrected chi connectivity index (χ1v) is 16.3. The van der Waals surface area contributed by atoms with Gasteiger partial charge in [-0.1, -0.05) is 138 Å². The topological polar surface area (TPSA) is 9.23 Å². The third-order valence-electron chi connectivity index (χ3n) is 10.1. The Balaban J connectivity index is 1.37. The summed E-state index contributed by atoms with van der Waals surface area (Å²) in [6.45, 7) is 6.45. The van der Waals surface area contributed by atoms with Gasteiger partial charge in [0.1, 0.15) is 5.60 Å². The van der Waals surface area contributed by atoms with Crippen LogP contribution in [0.2, 0.25) is 0 Å². The van der Waals surface area contributed by atoms with Gasteiger partial charge in [0.15, 0.2) is 0 Å². The minimum absolute atomic E-state index is 0.730. The lowest BCUT2D eigenvalue weighted by atomic mass is 9.77. The van der Waals surface area contributed by atoms with E-state index in [9.17, 15) is 0 Å². The smallest absolute Gasteiger partial charge is 0.140 e. The highest BCUT2D eigenvalue weighted by molar-refractivity contribution is 5.91. The molecule has 3 aromatic rings. The zero-order valence-corrected chi connectivity index (χ0v) is 27.0. The second kappa shape index (κ2) is 11.1. The maximum atomic E-state index is 6.78. The van der Waals surface area contributed by atoms with Crippen molar-refractivity contribution < 1.29 is 4.74 Å². The van der Waals surface area contributed by atoms with Crippen molar-refractivity contribution >= 4 is 11.1 Å². The molecule has 224 valence electrons. The first-order valence-electron chi connectivity index (χ1n) is 16.3. The van der Waals surface area contributed by atoms with Crippen LogP contribution in [0.15, 0.2) is 178 Å². The summed E-state index contributed by atoms with van der Waals surface area (Å²) >= 11 is 0. The molecule has 5 aliphatic carbocycles. The van der Waals surface area contributed by atoms with E-state index in [2.05, 4.69) is 154 Å². The lowest BCUT2D eigenvalue weighted by Gasteiger charge is -2.36. The third-order valence-corrected chi connectivity index (χ3v) is 10.1. The maximum Gasteiger partial charge on any atom is 0.140 e. The van der Waals surface area contributed by atoms with E-state index in [0.29, 0.717) is 0 Å². The van der Waals surface area contributed by atoms with Gasteiger partial charge in [-0.25, -0.2) is 0 Å². The molecular formula is C45H38O. The molecular weight excluding hydrogens is 556 g/mol. The van der Waals surface area contributed by atoms with Gasteiger partial charge in [0.25, 0.3) is 0 Å². The summed E-state index contributed by atoms with van der Waals surface area (Å²) in [6.07, 6.45) is 25.0. The number of aryl methyl sites for hydroxylation is 3. The van der Waals surface area contributed by atoms with Gasteiger partial charge < -0.3 is 4.74 Å². The number of methoxy groups -OCH3 is 1. The molecule has 3 aromatic carbocycles. The number of ether oxygens (including phenoxy) is 1. The monoisotopic (exact) mass is 594 g/mol. The fourth-order valence-electron chi connectivity index (χ4n) is 7.66. The van der Waals surface area contributed by atoms with Crippen molar-refractivity contribution in [3.63, 3.8) is 0 Å². The van der Waals surface area contributed by atoms with E-state index in [1.807, 2.05) is 7.11 Å². The molecule has 1 unspecified atom stereocenters. The van der Waals surface area contributed by atoms with Crippen molar-refractivity contribution in [1.82, 2.24) is 0 Å². The number of allylic oxidation sites excluding steroid dienone is 17. The summed E-state index contributed by atoms with van der Waals surface area (Å²) in [7, 11) is 1.87. The summed E-state index contributed by atoms with van der Waals surface area (Å²) in [6, 6.07) is 26.9. The van der Waals surface area contributed by atoms with Gasteiger partial charge in [0.05, 0.1) is 0 Å². The Kier molecular flexibility index (Phi) is 6.89. The normalized spacial score (nSPS) is 24.6. The molecule has 0 spiro atoms. The molecule has 0 saturated heterocycles. The van der Waals surface area contributed by atoms with E-state index >= 15 is 0 Å². The summed E-state index contributed by atoms with van der Waals surface area (Å²) in [5.41, 5.74) is 19.5. The van der Waals surface area contributed by atoms with Gasteiger partial charge in [-0.15, -0.1) is 0 Å². The second-order valence-electron chi connectivity index (χ2n) is 13.1. The Bertz CT molecular complexity index is 2090. The van der Waals surface area contributed by atoms with Crippen LogP contribution in [0, 0.1) is 20.8 Å². The number of hydrogen-bond donors (Lipinski definition) is 0. The Morgan fingerprint density at radius 1 is 0.522 bits per heavy atom. The van der Waals surface area contributed by atoms with Gasteiger partial charge in [-0.3, -0.25) is 0 Å². The van der Waals surface area contributed by atoms with Gasteiger partial charge in [0, 0.05) is 7.11 Å². The predicted octanol–water partition coefficient (Wildman–Crippen LogP) is 10.9. The average Bonchev–Trinajstić information content (AvgIpc) is 3.90. The van der Waals surface area contributed by atoms with Gasteiger partial charge in [-0.05, 0) is 118 Å². The number of hydrogen-bond acceptors (Lipinski definition) is 1. The molecule has 46 heavy (non-hydrogen) atoms. The minimum Gasteiger partial charge on any atom is -0.364 e. The average molecular weight is 595 g/mol. The Hall–Kier alpha value is -4.98. The van der Waals surface area contributed by atoms with E-state index in [1.54, 1.807) is 0 Å². The molecule has 0 aliphatic heterocycles. The third kappa shape index (κ3) is 4.66. The van der Waals surface area contributed by atoms with Crippen LogP contribution in [0.1, 0.15) is 46.2 Å². The lowest BCUT2D eigenvalue weighted by Crippen LogP contribution is -2.32. The zero-order valence-electron chi connectivity index (χ0n) is 27.0. The Morgan fingerprint density at radius 3 is 1.67 bits per heavy atom. The van der Waals surface area contributed by atoms with Crippen molar-refractivity contribution in [2.45, 2.75) is 39.2 Å². The van der Waals surface area contributed by atoms with Gasteiger partial charge >= 0.3 is 0 Å². The molecule has 0 N–H and O–H groups in total. The summed E-state index contributed by atoms with van der Waals surface area (Å²) in [5, 5.41) is 0. The number of fused-ring (bicyclic) bond motifs is 7. The predicted molar refractivity (Wildman–Crippen MR) is 192 cm³/mol. The van der Waals surface area contributed by atoms with Crippen LogP contribution in [-0.4, -0.2) is 7.11 Å². The van der Waals surface area contributed by atoms with Crippen LogP contribution in [0.4, 0.5) is 0 Å². The van der Waals surface area contributed by atoms with E-state index in [0.717, 1.165) is 24.0 Å². The second-order valence-corrected chi connectivity index (χ2v) is 13.1. The summed E-state index contributed by atoms with van der Waals surface area (Å²) in [4.78, 5) is 0. The van der Waals surface area contributed by atoms with Crippen molar-refractivity contribution in [3.05, 3.63) is 212 Å². The Labute approximate surface area is 273 Å². The summed E-state index contributed by atoms with van der Waals surface area (Å²) in [5.74, 6) is 0. The van der Waals surface area contributed by atoms with Crippen molar-refractivity contribution in [1.29, 1.82) is 0 Å². The molecule has 8 bridgehead atoms. The van der Waals surface area contributed by atoms with Crippen molar-refractivity contribution in [2.24, 2.45) is 0 Å². The van der Waals surface area contributed by atoms with Crippen molar-refractivity contribution in [3.8, 4) is 0 Å². The fraction of sp³-hybridized carbons (Fsp3) is 0.156. The van der Waals surface area contributed by atoms with Crippen LogP contribution < -0.4 is 0 Å². The molecule has 0 heterocycles. The quantitative estimate of drug-likeness (QED) is 0.292.